The minimum absolute atomic E-state index is 0.207. The van der Waals surface area contributed by atoms with Crippen molar-refractivity contribution in [2.24, 2.45) is 5.29 Å². The zero-order chi connectivity index (χ0) is 13.7. The summed E-state index contributed by atoms with van der Waals surface area (Å²) in [5.41, 5.74) is 0.870. The van der Waals surface area contributed by atoms with Crippen molar-refractivity contribution in [3.05, 3.63) is 40.8 Å². The smallest absolute Gasteiger partial charge is 0.315 e. The van der Waals surface area contributed by atoms with Gasteiger partial charge in [0.15, 0.2) is 0 Å². The number of carbonyl (C=O) groups excluding carboxylic acids is 1. The van der Waals surface area contributed by atoms with Crippen LogP contribution in [0.4, 0.5) is 0 Å². The molecule has 1 aliphatic heterocycles. The highest BCUT2D eigenvalue weighted by Crippen LogP contribution is 2.31. The molecule has 1 saturated heterocycles. The van der Waals surface area contributed by atoms with Gasteiger partial charge in [-0.3, -0.25) is 9.80 Å². The summed E-state index contributed by atoms with van der Waals surface area (Å²) in [6, 6.07) is 9.23. The van der Waals surface area contributed by atoms with Gasteiger partial charge in [0.1, 0.15) is 5.92 Å². The average Bonchev–Trinajstić information content (AvgIpc) is 2.49. The first-order chi connectivity index (χ1) is 9.27. The van der Waals surface area contributed by atoms with E-state index >= 15 is 0 Å². The van der Waals surface area contributed by atoms with Crippen molar-refractivity contribution in [1.29, 1.82) is 0 Å². The van der Waals surface area contributed by atoms with E-state index in [1.807, 2.05) is 30.3 Å². The van der Waals surface area contributed by atoms with Gasteiger partial charge in [0.25, 0.3) is 0 Å². The van der Waals surface area contributed by atoms with Crippen LogP contribution < -0.4 is 0 Å². The summed E-state index contributed by atoms with van der Waals surface area (Å²) in [5.74, 6) is -0.768. The Bertz CT molecular complexity index is 436. The SMILES string of the molecule is COC(=O)[C@H](c1ccccc1)[C@@H]1CCCCN1N=O. The van der Waals surface area contributed by atoms with E-state index in [-0.39, 0.29) is 12.0 Å². The van der Waals surface area contributed by atoms with Gasteiger partial charge >= 0.3 is 5.97 Å². The Balaban J connectivity index is 2.31. The Hall–Kier alpha value is -1.91. The molecule has 2 rings (SSSR count). The van der Waals surface area contributed by atoms with Crippen molar-refractivity contribution in [1.82, 2.24) is 5.01 Å². The zero-order valence-corrected chi connectivity index (χ0v) is 11.0. The van der Waals surface area contributed by atoms with Crippen LogP contribution in [0, 0.1) is 4.91 Å². The minimum atomic E-state index is -0.454. The average molecular weight is 262 g/mol. The van der Waals surface area contributed by atoms with Crippen molar-refractivity contribution < 1.29 is 9.53 Å². The second kappa shape index (κ2) is 6.31. The Morgan fingerprint density at radius 3 is 2.74 bits per heavy atom. The number of esters is 1. The molecular formula is C14H18N2O3. The fourth-order valence-electron chi connectivity index (χ4n) is 2.68. The van der Waals surface area contributed by atoms with Crippen LogP contribution in [0.2, 0.25) is 0 Å². The van der Waals surface area contributed by atoms with E-state index in [2.05, 4.69) is 5.29 Å². The van der Waals surface area contributed by atoms with Crippen LogP contribution in [0.25, 0.3) is 0 Å². The molecule has 0 radical (unpaired) electrons. The lowest BCUT2D eigenvalue weighted by molar-refractivity contribution is -0.144. The molecule has 0 N–H and O–H groups in total. The highest BCUT2D eigenvalue weighted by Gasteiger charge is 2.36. The molecule has 0 unspecified atom stereocenters. The van der Waals surface area contributed by atoms with E-state index in [0.717, 1.165) is 24.8 Å². The summed E-state index contributed by atoms with van der Waals surface area (Å²) in [5, 5.41) is 4.55. The summed E-state index contributed by atoms with van der Waals surface area (Å²) in [6.07, 6.45) is 2.71. The van der Waals surface area contributed by atoms with E-state index in [1.54, 1.807) is 0 Å². The largest absolute Gasteiger partial charge is 0.468 e. The second-order valence-corrected chi connectivity index (χ2v) is 4.72. The van der Waals surface area contributed by atoms with Gasteiger partial charge in [-0.25, -0.2) is 0 Å². The van der Waals surface area contributed by atoms with Gasteiger partial charge in [0.2, 0.25) is 0 Å². The molecule has 0 aliphatic carbocycles. The number of rotatable bonds is 4. The summed E-state index contributed by atoms with van der Waals surface area (Å²) in [6.45, 7) is 0.606. The lowest BCUT2D eigenvalue weighted by Crippen LogP contribution is -2.42. The Morgan fingerprint density at radius 1 is 1.37 bits per heavy atom. The molecule has 0 amide bonds. The zero-order valence-electron chi connectivity index (χ0n) is 11.0. The minimum Gasteiger partial charge on any atom is -0.468 e. The molecule has 0 saturated carbocycles. The van der Waals surface area contributed by atoms with E-state index in [1.165, 1.54) is 12.1 Å². The number of methoxy groups -OCH3 is 1. The van der Waals surface area contributed by atoms with E-state index in [9.17, 15) is 9.70 Å². The number of hydrogen-bond acceptors (Lipinski definition) is 4. The van der Waals surface area contributed by atoms with E-state index < -0.39 is 5.92 Å². The molecular weight excluding hydrogens is 244 g/mol. The van der Waals surface area contributed by atoms with Crippen LogP contribution in [-0.2, 0) is 9.53 Å². The maximum atomic E-state index is 12.1. The van der Waals surface area contributed by atoms with Crippen molar-refractivity contribution in [3.63, 3.8) is 0 Å². The van der Waals surface area contributed by atoms with Crippen LogP contribution in [-0.4, -0.2) is 30.7 Å². The van der Waals surface area contributed by atoms with Gasteiger partial charge in [-0.2, -0.15) is 0 Å². The first-order valence-electron chi connectivity index (χ1n) is 6.50. The lowest BCUT2D eigenvalue weighted by Gasteiger charge is -2.35. The van der Waals surface area contributed by atoms with Crippen molar-refractivity contribution in [2.75, 3.05) is 13.7 Å². The Labute approximate surface area is 112 Å². The fraction of sp³-hybridized carbons (Fsp3) is 0.500. The fourth-order valence-corrected chi connectivity index (χ4v) is 2.68. The standard InChI is InChI=1S/C14H18N2O3/c1-19-14(17)13(11-7-3-2-4-8-11)12-9-5-6-10-16(12)15-18/h2-4,7-8,12-13H,5-6,9-10H2,1H3/t12-,13+/m0/s1. The molecule has 0 bridgehead atoms. The first kappa shape index (κ1) is 13.5. The molecule has 19 heavy (non-hydrogen) atoms. The third kappa shape index (κ3) is 2.92. The number of ether oxygens (including phenoxy) is 1. The van der Waals surface area contributed by atoms with Crippen molar-refractivity contribution >= 4 is 5.97 Å². The lowest BCUT2D eigenvalue weighted by atomic mass is 9.86. The molecule has 1 aliphatic rings. The second-order valence-electron chi connectivity index (χ2n) is 4.72. The van der Waals surface area contributed by atoms with Gasteiger partial charge in [-0.1, -0.05) is 30.3 Å². The van der Waals surface area contributed by atoms with Gasteiger partial charge in [-0.05, 0) is 24.8 Å². The number of hydrogen-bond donors (Lipinski definition) is 0. The predicted molar refractivity (Wildman–Crippen MR) is 71.3 cm³/mol. The summed E-state index contributed by atoms with van der Waals surface area (Å²) in [7, 11) is 1.37. The quantitative estimate of drug-likeness (QED) is 0.618. The summed E-state index contributed by atoms with van der Waals surface area (Å²) >= 11 is 0. The van der Waals surface area contributed by atoms with Crippen LogP contribution >= 0.6 is 0 Å². The van der Waals surface area contributed by atoms with Crippen LogP contribution in [0.1, 0.15) is 30.7 Å². The summed E-state index contributed by atoms with van der Waals surface area (Å²) in [4.78, 5) is 23.0. The molecule has 1 aromatic carbocycles. The molecule has 1 aromatic rings. The normalized spacial score (nSPS) is 20.7. The number of piperidine rings is 1. The van der Waals surface area contributed by atoms with E-state index in [0.29, 0.717) is 6.54 Å². The summed E-state index contributed by atoms with van der Waals surface area (Å²) < 4.78 is 4.90. The van der Waals surface area contributed by atoms with E-state index in [4.69, 9.17) is 4.74 Å². The van der Waals surface area contributed by atoms with Crippen LogP contribution in [0.15, 0.2) is 35.6 Å². The molecule has 5 nitrogen and oxygen atoms in total. The highest BCUT2D eigenvalue weighted by atomic mass is 16.5. The topological polar surface area (TPSA) is 59.0 Å². The maximum Gasteiger partial charge on any atom is 0.315 e. The predicted octanol–water partition coefficient (Wildman–Crippen LogP) is 2.48. The van der Waals surface area contributed by atoms with Gasteiger partial charge in [0.05, 0.1) is 18.4 Å². The molecule has 0 spiro atoms. The molecule has 1 fully saturated rings. The Kier molecular flexibility index (Phi) is 4.49. The number of nitrogens with zero attached hydrogens (tertiary/aromatic N) is 2. The number of nitroso groups, excluding NO2 is 1. The third-order valence-electron chi connectivity index (χ3n) is 3.62. The third-order valence-corrected chi connectivity index (χ3v) is 3.62. The van der Waals surface area contributed by atoms with Crippen molar-refractivity contribution in [2.45, 2.75) is 31.2 Å². The first-order valence-corrected chi connectivity index (χ1v) is 6.50. The van der Waals surface area contributed by atoms with Gasteiger partial charge < -0.3 is 4.74 Å². The molecule has 5 heteroatoms. The molecule has 102 valence electrons. The maximum absolute atomic E-state index is 12.1. The number of carbonyl (C=O) groups is 1. The van der Waals surface area contributed by atoms with Gasteiger partial charge in [-0.15, -0.1) is 4.91 Å². The monoisotopic (exact) mass is 262 g/mol. The van der Waals surface area contributed by atoms with Crippen LogP contribution in [0.5, 0.6) is 0 Å². The molecule has 1 heterocycles. The Morgan fingerprint density at radius 2 is 2.11 bits per heavy atom. The van der Waals surface area contributed by atoms with Crippen molar-refractivity contribution in [3.8, 4) is 0 Å². The molecule has 2 atom stereocenters. The molecule has 0 aromatic heterocycles. The van der Waals surface area contributed by atoms with Crippen LogP contribution in [0.3, 0.4) is 0 Å². The number of benzene rings is 1. The van der Waals surface area contributed by atoms with Gasteiger partial charge in [0, 0.05) is 6.54 Å². The highest BCUT2D eigenvalue weighted by molar-refractivity contribution is 5.79.